The number of hydrogen-bond acceptors (Lipinski definition) is 10. The normalized spacial score (nSPS) is 16.4. The van der Waals surface area contributed by atoms with Crippen molar-refractivity contribution in [1.82, 2.24) is 30.1 Å². The Labute approximate surface area is 404 Å². The first kappa shape index (κ1) is 47.8. The first-order chi connectivity index (χ1) is 33.6. The molecule has 0 spiro atoms. The Hall–Kier alpha value is -7.24. The SMILES string of the molecule is COc1ccc(C(=O)N2CCC(CCN3CCC(Oc4ccc(-c5cc6c(-c7cc(F)cc(NC(=O)c8ccc(C(C)(C)O)cc8F)c7C)ncnc6[nH]5)cc4)CC3)CC2)cc1N1CCC(=O)NC1=O. The van der Waals surface area contributed by atoms with Crippen molar-refractivity contribution in [3.05, 3.63) is 119 Å². The van der Waals surface area contributed by atoms with Gasteiger partial charge in [-0.1, -0.05) is 6.07 Å². The molecule has 0 aliphatic carbocycles. The number of rotatable bonds is 13. The van der Waals surface area contributed by atoms with Crippen molar-refractivity contribution < 1.29 is 42.5 Å². The standard InChI is InChI=1S/C53H56F2N8O7/c1-31-40(27-36(54)28-43(31)59-50(65)39-11-8-35(26-42(39)55)53(2,3)68)48-41-29-44(58-49(41)57-30-56-48)33-5-9-37(10-6-33)70-38-16-20-61(21-17-38)19-13-32-14-22-62(23-15-32)51(66)34-7-12-46(69-4)45(25-34)63-24-18-47(64)60-52(63)67/h5-12,25-30,32,38,68H,13-24H2,1-4H3,(H,59,65)(H,56,57,58)(H,60,64,67). The summed E-state index contributed by atoms with van der Waals surface area (Å²) < 4.78 is 42.1. The van der Waals surface area contributed by atoms with Gasteiger partial charge in [0.15, 0.2) is 0 Å². The van der Waals surface area contributed by atoms with E-state index in [4.69, 9.17) is 9.47 Å². The van der Waals surface area contributed by atoms with Crippen molar-refractivity contribution in [1.29, 1.82) is 0 Å². The number of piperidine rings is 2. The molecule has 0 unspecified atom stereocenters. The molecule has 9 rings (SSSR count). The zero-order chi connectivity index (χ0) is 49.3. The molecule has 17 heteroatoms. The summed E-state index contributed by atoms with van der Waals surface area (Å²) in [5.74, 6) is -0.835. The second-order valence-electron chi connectivity index (χ2n) is 18.9. The van der Waals surface area contributed by atoms with Gasteiger partial charge in [-0.3, -0.25) is 24.6 Å². The van der Waals surface area contributed by atoms with Crippen LogP contribution >= 0.6 is 0 Å². The Balaban J connectivity index is 0.758. The Bertz CT molecular complexity index is 2960. The number of anilines is 2. The zero-order valence-corrected chi connectivity index (χ0v) is 39.6. The molecular formula is C53H56F2N8O7. The van der Waals surface area contributed by atoms with Gasteiger partial charge in [0.2, 0.25) is 5.91 Å². The number of carbonyl (C=O) groups is 4. The van der Waals surface area contributed by atoms with Crippen molar-refractivity contribution in [3.8, 4) is 34.0 Å². The lowest BCUT2D eigenvalue weighted by atomic mass is 9.92. The number of fused-ring (bicyclic) bond motifs is 1. The van der Waals surface area contributed by atoms with Crippen LogP contribution in [0.3, 0.4) is 0 Å². The number of halogens is 2. The molecular weight excluding hydrogens is 899 g/mol. The molecule has 3 saturated heterocycles. The largest absolute Gasteiger partial charge is 0.495 e. The molecule has 4 N–H and O–H groups in total. The molecule has 4 aromatic carbocycles. The highest BCUT2D eigenvalue weighted by Gasteiger charge is 2.30. The van der Waals surface area contributed by atoms with E-state index in [0.717, 1.165) is 74.8 Å². The van der Waals surface area contributed by atoms with E-state index in [1.54, 1.807) is 25.1 Å². The lowest BCUT2D eigenvalue weighted by molar-refractivity contribution is -0.120. The molecule has 0 saturated carbocycles. The van der Waals surface area contributed by atoms with Crippen LogP contribution in [-0.2, 0) is 10.4 Å². The molecule has 0 radical (unpaired) electrons. The molecule has 0 bridgehead atoms. The lowest BCUT2D eigenvalue weighted by Gasteiger charge is -2.35. The van der Waals surface area contributed by atoms with E-state index in [-0.39, 0.29) is 42.1 Å². The fourth-order valence-corrected chi connectivity index (χ4v) is 9.59. The third kappa shape index (κ3) is 10.4. The van der Waals surface area contributed by atoms with Crippen LogP contribution in [0.15, 0.2) is 85.2 Å². The summed E-state index contributed by atoms with van der Waals surface area (Å²) in [5.41, 5.74) is 3.51. The van der Waals surface area contributed by atoms with Gasteiger partial charge < -0.3 is 34.7 Å². The van der Waals surface area contributed by atoms with Gasteiger partial charge in [0.25, 0.3) is 11.8 Å². The van der Waals surface area contributed by atoms with Crippen LogP contribution in [0, 0.1) is 24.5 Å². The number of aromatic nitrogens is 3. The topological polar surface area (TPSA) is 182 Å². The van der Waals surface area contributed by atoms with Gasteiger partial charge in [0, 0.05) is 67.0 Å². The molecule has 3 aliphatic rings. The van der Waals surface area contributed by atoms with Gasteiger partial charge in [0.1, 0.15) is 41.2 Å². The number of likely N-dealkylation sites (tertiary alicyclic amines) is 2. The first-order valence-electron chi connectivity index (χ1n) is 23.7. The van der Waals surface area contributed by atoms with Gasteiger partial charge in [0.05, 0.1) is 29.7 Å². The third-order valence-electron chi connectivity index (χ3n) is 13.8. The zero-order valence-electron chi connectivity index (χ0n) is 39.6. The van der Waals surface area contributed by atoms with Crippen LogP contribution in [0.4, 0.5) is 25.0 Å². The van der Waals surface area contributed by atoms with Crippen molar-refractivity contribution in [3.63, 3.8) is 0 Å². The van der Waals surface area contributed by atoms with Gasteiger partial charge in [-0.25, -0.2) is 23.5 Å². The summed E-state index contributed by atoms with van der Waals surface area (Å²) in [6.45, 7) is 9.20. The fraction of sp³-hybridized carbons (Fsp3) is 0.358. The lowest BCUT2D eigenvalue weighted by Crippen LogP contribution is -2.49. The van der Waals surface area contributed by atoms with Crippen LogP contribution < -0.4 is 25.0 Å². The van der Waals surface area contributed by atoms with Crippen molar-refractivity contribution in [2.75, 3.05) is 56.6 Å². The minimum atomic E-state index is -1.29. The average Bonchev–Trinajstić information content (AvgIpc) is 3.79. The fourth-order valence-electron chi connectivity index (χ4n) is 9.59. The molecule has 5 heterocycles. The summed E-state index contributed by atoms with van der Waals surface area (Å²) in [7, 11) is 1.51. The summed E-state index contributed by atoms with van der Waals surface area (Å²) in [6, 6.07) is 20.7. The van der Waals surface area contributed by atoms with Crippen LogP contribution in [0.5, 0.6) is 11.5 Å². The number of carbonyl (C=O) groups excluding carboxylic acids is 4. The molecule has 3 aliphatic heterocycles. The number of methoxy groups -OCH3 is 1. The molecule has 364 valence electrons. The number of nitrogens with zero attached hydrogens (tertiary/aromatic N) is 5. The maximum Gasteiger partial charge on any atom is 0.328 e. The van der Waals surface area contributed by atoms with Crippen LogP contribution in [-0.4, -0.2) is 106 Å². The van der Waals surface area contributed by atoms with Gasteiger partial charge in [-0.15, -0.1) is 0 Å². The van der Waals surface area contributed by atoms with Crippen molar-refractivity contribution >= 4 is 46.2 Å². The van der Waals surface area contributed by atoms with Crippen molar-refractivity contribution in [2.45, 2.75) is 71.0 Å². The number of imide groups is 1. The van der Waals surface area contributed by atoms with Crippen molar-refractivity contribution in [2.24, 2.45) is 5.92 Å². The quantitative estimate of drug-likeness (QED) is 0.0875. The van der Waals surface area contributed by atoms with E-state index in [9.17, 15) is 24.3 Å². The monoisotopic (exact) mass is 954 g/mol. The highest BCUT2D eigenvalue weighted by Crippen LogP contribution is 2.37. The Morgan fingerprint density at radius 2 is 1.66 bits per heavy atom. The number of hydrogen-bond donors (Lipinski definition) is 4. The van der Waals surface area contributed by atoms with Crippen LogP contribution in [0.1, 0.15) is 84.2 Å². The first-order valence-corrected chi connectivity index (χ1v) is 23.7. The number of urea groups is 1. The van der Waals surface area contributed by atoms with Gasteiger partial charge >= 0.3 is 6.03 Å². The molecule has 0 atom stereocenters. The van der Waals surface area contributed by atoms with E-state index < -0.39 is 29.2 Å². The second kappa shape index (κ2) is 20.0. The van der Waals surface area contributed by atoms with E-state index in [2.05, 4.69) is 30.5 Å². The predicted molar refractivity (Wildman–Crippen MR) is 261 cm³/mol. The smallest absolute Gasteiger partial charge is 0.328 e. The van der Waals surface area contributed by atoms with Gasteiger partial charge in [-0.2, -0.15) is 0 Å². The Morgan fingerprint density at radius 1 is 0.900 bits per heavy atom. The maximum absolute atomic E-state index is 15.2. The number of aliphatic hydroxyl groups is 1. The van der Waals surface area contributed by atoms with E-state index in [1.807, 2.05) is 35.2 Å². The predicted octanol–water partition coefficient (Wildman–Crippen LogP) is 8.60. The van der Waals surface area contributed by atoms with Crippen LogP contribution in [0.2, 0.25) is 0 Å². The third-order valence-corrected chi connectivity index (χ3v) is 13.8. The molecule has 2 aromatic heterocycles. The number of H-pyrrole nitrogens is 1. The molecule has 3 fully saturated rings. The Kier molecular flexibility index (Phi) is 13.7. The second-order valence-corrected chi connectivity index (χ2v) is 18.9. The molecule has 70 heavy (non-hydrogen) atoms. The van der Waals surface area contributed by atoms with Gasteiger partial charge in [-0.05, 0) is 155 Å². The molecule has 15 nitrogen and oxygen atoms in total. The summed E-state index contributed by atoms with van der Waals surface area (Å²) >= 11 is 0. The number of benzene rings is 4. The minimum Gasteiger partial charge on any atom is -0.495 e. The van der Waals surface area contributed by atoms with E-state index in [1.165, 1.54) is 56.4 Å². The highest BCUT2D eigenvalue weighted by molar-refractivity contribution is 6.07. The number of ether oxygens (including phenoxy) is 2. The van der Waals surface area contributed by atoms with E-state index in [0.29, 0.717) is 69.4 Å². The minimum absolute atomic E-state index is 0.0816. The summed E-state index contributed by atoms with van der Waals surface area (Å²) in [4.78, 5) is 69.2. The molecule has 5 amide bonds. The maximum atomic E-state index is 15.2. The highest BCUT2D eigenvalue weighted by atomic mass is 19.1. The average molecular weight is 955 g/mol. The number of aromatic amines is 1. The number of nitrogens with one attached hydrogen (secondary N) is 3. The Morgan fingerprint density at radius 3 is 2.36 bits per heavy atom. The number of amides is 5. The summed E-state index contributed by atoms with van der Waals surface area (Å²) in [5, 5.41) is 15.9. The van der Waals surface area contributed by atoms with E-state index >= 15 is 8.78 Å². The summed E-state index contributed by atoms with van der Waals surface area (Å²) in [6.07, 6.45) is 6.40. The van der Waals surface area contributed by atoms with Crippen LogP contribution in [0.25, 0.3) is 33.5 Å². The molecule has 6 aromatic rings.